The van der Waals surface area contributed by atoms with Gasteiger partial charge < -0.3 is 14.8 Å². The predicted molar refractivity (Wildman–Crippen MR) is 74.2 cm³/mol. The highest BCUT2D eigenvalue weighted by Gasteiger charge is 2.09. The van der Waals surface area contributed by atoms with E-state index >= 15 is 0 Å². The van der Waals surface area contributed by atoms with Crippen LogP contribution in [0.25, 0.3) is 0 Å². The second-order valence-electron chi connectivity index (χ2n) is 3.58. The second-order valence-corrected chi connectivity index (χ2v) is 4.60. The quantitative estimate of drug-likeness (QED) is 0.604. The number of amides is 1. The molecule has 20 heavy (non-hydrogen) atoms. The monoisotopic (exact) mass is 294 g/mol. The number of thioether (sulfide) groups is 1. The molecule has 1 N–H and O–H groups in total. The van der Waals surface area contributed by atoms with Crippen LogP contribution in [-0.4, -0.2) is 38.0 Å². The lowest BCUT2D eigenvalue weighted by molar-refractivity contribution is -0.150. The number of benzene rings is 1. The maximum Gasteiger partial charge on any atom is 0.332 e. The zero-order valence-corrected chi connectivity index (χ0v) is 11.7. The van der Waals surface area contributed by atoms with Crippen LogP contribution in [0.1, 0.15) is 0 Å². The van der Waals surface area contributed by atoms with Crippen LogP contribution in [0.3, 0.4) is 0 Å². The Bertz CT molecular complexity index is 513. The van der Waals surface area contributed by atoms with Gasteiger partial charge in [0.05, 0.1) is 17.5 Å². The van der Waals surface area contributed by atoms with Gasteiger partial charge in [-0.1, -0.05) is 12.1 Å². The highest BCUT2D eigenvalue weighted by molar-refractivity contribution is 7.99. The summed E-state index contributed by atoms with van der Waals surface area (Å²) in [5, 5.41) is 11.2. The molecule has 1 amide bonds. The van der Waals surface area contributed by atoms with Crippen LogP contribution in [0, 0.1) is 11.3 Å². The Balaban J connectivity index is 2.53. The molecule has 0 saturated carbocycles. The number of nitrogens with zero attached hydrogens (tertiary/aromatic N) is 1. The summed E-state index contributed by atoms with van der Waals surface area (Å²) in [6.07, 6.45) is 0. The summed E-state index contributed by atoms with van der Waals surface area (Å²) in [6, 6.07) is 9.12. The number of para-hydroxylation sites is 1. The predicted octanol–water partition coefficient (Wildman–Crippen LogP) is 1.43. The Kier molecular flexibility index (Phi) is 7.17. The highest BCUT2D eigenvalue weighted by atomic mass is 32.2. The molecule has 0 aliphatic heterocycles. The van der Waals surface area contributed by atoms with E-state index in [0.717, 1.165) is 4.90 Å². The van der Waals surface area contributed by atoms with Gasteiger partial charge >= 0.3 is 5.97 Å². The molecule has 1 aromatic rings. The van der Waals surface area contributed by atoms with E-state index in [1.807, 2.05) is 12.1 Å². The fourth-order valence-corrected chi connectivity index (χ4v) is 1.97. The molecule has 0 aliphatic rings. The Morgan fingerprint density at radius 3 is 2.80 bits per heavy atom. The summed E-state index contributed by atoms with van der Waals surface area (Å²) in [6.45, 7) is -0.568. The number of nitrogens with one attached hydrogen (secondary N) is 1. The van der Waals surface area contributed by atoms with Gasteiger partial charge in [0.25, 0.3) is 5.91 Å². The van der Waals surface area contributed by atoms with Crippen LogP contribution in [0.2, 0.25) is 0 Å². The number of anilines is 1. The lowest BCUT2D eigenvalue weighted by Gasteiger charge is -2.09. The van der Waals surface area contributed by atoms with E-state index in [1.165, 1.54) is 18.9 Å². The molecule has 0 aromatic heterocycles. The van der Waals surface area contributed by atoms with Gasteiger partial charge in [-0.25, -0.2) is 4.79 Å². The average Bonchev–Trinajstić information content (AvgIpc) is 2.44. The number of methoxy groups -OCH3 is 1. The number of nitriles is 1. The van der Waals surface area contributed by atoms with E-state index in [1.54, 1.807) is 18.2 Å². The first-order valence-electron chi connectivity index (χ1n) is 5.70. The first-order valence-corrected chi connectivity index (χ1v) is 6.69. The van der Waals surface area contributed by atoms with Crippen molar-refractivity contribution in [1.29, 1.82) is 5.26 Å². The third-order valence-electron chi connectivity index (χ3n) is 2.08. The van der Waals surface area contributed by atoms with Crippen molar-refractivity contribution in [3.8, 4) is 6.07 Å². The molecule has 0 radical (unpaired) electrons. The molecule has 0 heterocycles. The van der Waals surface area contributed by atoms with Crippen molar-refractivity contribution in [2.75, 3.05) is 31.4 Å². The van der Waals surface area contributed by atoms with Crippen molar-refractivity contribution in [3.05, 3.63) is 24.3 Å². The zero-order valence-electron chi connectivity index (χ0n) is 10.9. The smallest absolute Gasteiger partial charge is 0.332 e. The fourth-order valence-electron chi connectivity index (χ4n) is 1.30. The van der Waals surface area contributed by atoms with Crippen LogP contribution in [0.15, 0.2) is 29.2 Å². The van der Waals surface area contributed by atoms with E-state index in [0.29, 0.717) is 5.69 Å². The number of rotatable bonds is 7. The molecule has 0 spiro atoms. The molecule has 0 bridgehead atoms. The number of hydrogen-bond acceptors (Lipinski definition) is 6. The molecule has 0 atom stereocenters. The normalized spacial score (nSPS) is 9.60. The molecular formula is C13H14N2O4S. The van der Waals surface area contributed by atoms with Crippen LogP contribution in [0.5, 0.6) is 0 Å². The molecule has 0 aliphatic carbocycles. The zero-order chi connectivity index (χ0) is 14.8. The van der Waals surface area contributed by atoms with E-state index in [2.05, 4.69) is 10.1 Å². The van der Waals surface area contributed by atoms with Gasteiger partial charge in [-0.3, -0.25) is 4.79 Å². The summed E-state index contributed by atoms with van der Waals surface area (Å²) in [5.74, 6) is -0.760. The molecule has 106 valence electrons. The van der Waals surface area contributed by atoms with Gasteiger partial charge in [0.1, 0.15) is 6.61 Å². The molecule has 0 saturated heterocycles. The summed E-state index contributed by atoms with van der Waals surface area (Å²) in [5.41, 5.74) is 0.584. The maximum absolute atomic E-state index is 11.6. The van der Waals surface area contributed by atoms with Gasteiger partial charge in [-0.2, -0.15) is 5.26 Å². The first kappa shape index (κ1) is 16.0. The molecular weight excluding hydrogens is 280 g/mol. The molecule has 1 rings (SSSR count). The van der Waals surface area contributed by atoms with Crippen LogP contribution < -0.4 is 5.32 Å². The summed E-state index contributed by atoms with van der Waals surface area (Å²) in [4.78, 5) is 23.5. The van der Waals surface area contributed by atoms with Crippen LogP contribution in [0.4, 0.5) is 5.69 Å². The van der Waals surface area contributed by atoms with Gasteiger partial charge in [-0.05, 0) is 12.1 Å². The van der Waals surface area contributed by atoms with Gasteiger partial charge in [0, 0.05) is 12.0 Å². The van der Waals surface area contributed by atoms with Gasteiger partial charge in [0.15, 0.2) is 6.61 Å². The number of carbonyl (C=O) groups excluding carboxylic acids is 2. The van der Waals surface area contributed by atoms with Crippen molar-refractivity contribution < 1.29 is 19.1 Å². The van der Waals surface area contributed by atoms with Crippen molar-refractivity contribution >= 4 is 29.3 Å². The Hall–Kier alpha value is -2.04. The van der Waals surface area contributed by atoms with Gasteiger partial charge in [0.2, 0.25) is 0 Å². The minimum Gasteiger partial charge on any atom is -0.454 e. The third kappa shape index (κ3) is 5.73. The Morgan fingerprint density at radius 1 is 1.35 bits per heavy atom. The van der Waals surface area contributed by atoms with Crippen LogP contribution in [-0.2, 0) is 19.1 Å². The Morgan fingerprint density at radius 2 is 2.10 bits per heavy atom. The number of esters is 1. The minimum absolute atomic E-state index is 0.193. The van der Waals surface area contributed by atoms with E-state index in [-0.39, 0.29) is 19.0 Å². The SMILES string of the molecule is COCC(=O)OCC(=O)Nc1ccccc1SCC#N. The first-order chi connectivity index (χ1) is 9.67. The minimum atomic E-state index is -0.602. The van der Waals surface area contributed by atoms with Gasteiger partial charge in [-0.15, -0.1) is 11.8 Å². The van der Waals surface area contributed by atoms with Crippen molar-refractivity contribution in [1.82, 2.24) is 0 Å². The van der Waals surface area contributed by atoms with E-state index in [4.69, 9.17) is 10.00 Å². The largest absolute Gasteiger partial charge is 0.454 e. The second kappa shape index (κ2) is 8.96. The molecule has 0 fully saturated rings. The summed E-state index contributed by atoms with van der Waals surface area (Å²) < 4.78 is 9.28. The molecule has 0 unspecified atom stereocenters. The van der Waals surface area contributed by atoms with E-state index in [9.17, 15) is 9.59 Å². The standard InChI is InChI=1S/C13H14N2O4S/c1-18-9-13(17)19-8-12(16)15-10-4-2-3-5-11(10)20-7-6-14/h2-5H,7-9H2,1H3,(H,15,16). The van der Waals surface area contributed by atoms with Crippen molar-refractivity contribution in [2.24, 2.45) is 0 Å². The number of carbonyl (C=O) groups is 2. The van der Waals surface area contributed by atoms with Crippen molar-refractivity contribution in [2.45, 2.75) is 4.90 Å². The molecule has 6 nitrogen and oxygen atoms in total. The Labute approximate surface area is 121 Å². The summed E-state index contributed by atoms with van der Waals surface area (Å²) >= 11 is 1.32. The number of ether oxygens (including phenoxy) is 2. The third-order valence-corrected chi connectivity index (χ3v) is 3.02. The molecule has 1 aromatic carbocycles. The topological polar surface area (TPSA) is 88.4 Å². The summed E-state index contributed by atoms with van der Waals surface area (Å²) in [7, 11) is 1.37. The van der Waals surface area contributed by atoms with Crippen LogP contribution >= 0.6 is 11.8 Å². The maximum atomic E-state index is 11.6. The lowest BCUT2D eigenvalue weighted by atomic mass is 10.3. The lowest BCUT2D eigenvalue weighted by Crippen LogP contribution is -2.22. The highest BCUT2D eigenvalue weighted by Crippen LogP contribution is 2.26. The average molecular weight is 294 g/mol. The number of hydrogen-bond donors (Lipinski definition) is 1. The fraction of sp³-hybridized carbons (Fsp3) is 0.308. The molecule has 7 heteroatoms. The van der Waals surface area contributed by atoms with Crippen molar-refractivity contribution in [3.63, 3.8) is 0 Å². The van der Waals surface area contributed by atoms with E-state index < -0.39 is 11.9 Å².